The van der Waals surface area contributed by atoms with E-state index < -0.39 is 0 Å². The summed E-state index contributed by atoms with van der Waals surface area (Å²) in [6.07, 6.45) is 1.97. The first-order chi connectivity index (χ1) is 5.11. The van der Waals surface area contributed by atoms with Crippen molar-refractivity contribution in [1.82, 2.24) is 4.98 Å². The molecule has 0 amide bonds. The van der Waals surface area contributed by atoms with Crippen LogP contribution in [0.1, 0.15) is 25.6 Å². The van der Waals surface area contributed by atoms with E-state index >= 15 is 0 Å². The van der Waals surface area contributed by atoms with E-state index in [2.05, 4.69) is 47.5 Å². The van der Waals surface area contributed by atoms with Gasteiger partial charge in [-0.15, -0.1) is 0 Å². The Morgan fingerprint density at radius 1 is 1.55 bits per heavy atom. The number of rotatable bonds is 2. The van der Waals surface area contributed by atoms with Gasteiger partial charge in [0.05, 0.1) is 0 Å². The predicted molar refractivity (Wildman–Crippen MR) is 55.3 cm³/mol. The maximum atomic E-state index is 5.92. The second-order valence-corrected chi connectivity index (χ2v) is 4.29. The molecule has 62 valence electrons. The van der Waals surface area contributed by atoms with Crippen LogP contribution < -0.4 is 5.73 Å². The molecule has 1 rings (SSSR count). The van der Waals surface area contributed by atoms with Crippen LogP contribution in [-0.4, -0.2) is 4.98 Å². The summed E-state index contributed by atoms with van der Waals surface area (Å²) in [6.45, 7) is 4.25. The Morgan fingerprint density at radius 3 is 2.55 bits per heavy atom. The van der Waals surface area contributed by atoms with Crippen molar-refractivity contribution < 1.29 is 0 Å². The largest absolute Gasteiger partial charge is 0.363 e. The fraction of sp³-hybridized carbons (Fsp3) is 0.500. The first kappa shape index (κ1) is 9.06. The first-order valence-electron chi connectivity index (χ1n) is 3.70. The van der Waals surface area contributed by atoms with Crippen molar-refractivity contribution in [2.45, 2.75) is 19.9 Å². The lowest BCUT2D eigenvalue weighted by molar-refractivity contribution is 0.505. The molecule has 3 heteroatoms. The fourth-order valence-electron chi connectivity index (χ4n) is 0.936. The molecule has 0 fully saturated rings. The summed E-state index contributed by atoms with van der Waals surface area (Å²) in [5, 5.41) is 0. The standard InChI is InChI=1S/C8H13IN2/c1-5(2)8(10)7-3-6(9)4-11-7/h3-5,8,11H,10H2,1-2H3/t8-/m1/s1. The van der Waals surface area contributed by atoms with Crippen LogP contribution in [0, 0.1) is 9.49 Å². The van der Waals surface area contributed by atoms with Gasteiger partial charge in [-0.05, 0) is 34.6 Å². The highest BCUT2D eigenvalue weighted by Gasteiger charge is 2.11. The minimum absolute atomic E-state index is 0.138. The van der Waals surface area contributed by atoms with Crippen molar-refractivity contribution in [3.8, 4) is 0 Å². The maximum absolute atomic E-state index is 5.92. The van der Waals surface area contributed by atoms with Crippen LogP contribution in [0.4, 0.5) is 0 Å². The fourth-order valence-corrected chi connectivity index (χ4v) is 1.43. The van der Waals surface area contributed by atoms with E-state index in [0.717, 1.165) is 5.69 Å². The first-order valence-corrected chi connectivity index (χ1v) is 4.78. The zero-order valence-corrected chi connectivity index (χ0v) is 8.92. The van der Waals surface area contributed by atoms with Gasteiger partial charge >= 0.3 is 0 Å². The van der Waals surface area contributed by atoms with Crippen molar-refractivity contribution in [3.05, 3.63) is 21.5 Å². The lowest BCUT2D eigenvalue weighted by atomic mass is 10.0. The third-order valence-corrected chi connectivity index (χ3v) is 2.37. The molecule has 11 heavy (non-hydrogen) atoms. The number of aromatic nitrogens is 1. The van der Waals surface area contributed by atoms with Gasteiger partial charge in [-0.2, -0.15) is 0 Å². The Hall–Kier alpha value is -0.0300. The van der Waals surface area contributed by atoms with Gasteiger partial charge < -0.3 is 10.7 Å². The number of aromatic amines is 1. The average Bonchev–Trinajstić information content (AvgIpc) is 2.34. The van der Waals surface area contributed by atoms with Crippen LogP contribution in [0.2, 0.25) is 0 Å². The normalized spacial score (nSPS) is 13.9. The van der Waals surface area contributed by atoms with Crippen molar-refractivity contribution >= 4 is 22.6 Å². The molecule has 0 saturated heterocycles. The van der Waals surface area contributed by atoms with E-state index in [-0.39, 0.29) is 6.04 Å². The molecule has 1 atom stereocenters. The van der Waals surface area contributed by atoms with Crippen LogP contribution in [0.3, 0.4) is 0 Å². The molecule has 0 unspecified atom stereocenters. The molecule has 0 bridgehead atoms. The van der Waals surface area contributed by atoms with Gasteiger partial charge in [0.1, 0.15) is 0 Å². The van der Waals surface area contributed by atoms with Crippen molar-refractivity contribution in [2.24, 2.45) is 11.7 Å². The molecule has 0 radical (unpaired) electrons. The summed E-state index contributed by atoms with van der Waals surface area (Å²) < 4.78 is 1.22. The van der Waals surface area contributed by atoms with Gasteiger partial charge in [0.2, 0.25) is 0 Å². The molecule has 0 aliphatic carbocycles. The van der Waals surface area contributed by atoms with Gasteiger partial charge in [-0.1, -0.05) is 13.8 Å². The Kier molecular flexibility index (Phi) is 2.95. The number of nitrogens with two attached hydrogens (primary N) is 1. The van der Waals surface area contributed by atoms with Gasteiger partial charge in [-0.25, -0.2) is 0 Å². The molecule has 1 aromatic heterocycles. The zero-order chi connectivity index (χ0) is 8.43. The molecule has 0 aliphatic rings. The number of hydrogen-bond donors (Lipinski definition) is 2. The number of halogens is 1. The zero-order valence-electron chi connectivity index (χ0n) is 6.76. The van der Waals surface area contributed by atoms with E-state index in [0.29, 0.717) is 5.92 Å². The van der Waals surface area contributed by atoms with Crippen LogP contribution in [0.25, 0.3) is 0 Å². The quantitative estimate of drug-likeness (QED) is 0.790. The molecule has 0 aromatic carbocycles. The van der Waals surface area contributed by atoms with Crippen LogP contribution >= 0.6 is 22.6 Å². The SMILES string of the molecule is CC(C)[C@@H](N)c1cc(I)c[nH]1. The number of hydrogen-bond acceptors (Lipinski definition) is 1. The lowest BCUT2D eigenvalue weighted by Gasteiger charge is -2.12. The topological polar surface area (TPSA) is 41.8 Å². The van der Waals surface area contributed by atoms with Crippen molar-refractivity contribution in [2.75, 3.05) is 0 Å². The van der Waals surface area contributed by atoms with E-state index in [9.17, 15) is 0 Å². The molecule has 0 saturated carbocycles. The molecular weight excluding hydrogens is 251 g/mol. The Labute approximate surface area is 80.7 Å². The van der Waals surface area contributed by atoms with E-state index in [1.54, 1.807) is 0 Å². The van der Waals surface area contributed by atoms with Crippen LogP contribution in [-0.2, 0) is 0 Å². The molecule has 3 N–H and O–H groups in total. The minimum atomic E-state index is 0.138. The van der Waals surface area contributed by atoms with Gasteiger partial charge in [-0.3, -0.25) is 0 Å². The smallest absolute Gasteiger partial charge is 0.0471 e. The number of H-pyrrole nitrogens is 1. The van der Waals surface area contributed by atoms with Crippen LogP contribution in [0.15, 0.2) is 12.3 Å². The maximum Gasteiger partial charge on any atom is 0.0471 e. The summed E-state index contributed by atoms with van der Waals surface area (Å²) >= 11 is 2.27. The molecule has 1 aromatic rings. The Balaban J connectivity index is 2.76. The highest BCUT2D eigenvalue weighted by Crippen LogP contribution is 2.18. The second kappa shape index (κ2) is 3.58. The summed E-state index contributed by atoms with van der Waals surface area (Å²) in [6, 6.07) is 2.23. The third-order valence-electron chi connectivity index (χ3n) is 1.75. The summed E-state index contributed by atoms with van der Waals surface area (Å²) in [5.41, 5.74) is 7.05. The lowest BCUT2D eigenvalue weighted by Crippen LogP contribution is -2.16. The summed E-state index contributed by atoms with van der Waals surface area (Å²) in [4.78, 5) is 3.15. The van der Waals surface area contributed by atoms with E-state index in [4.69, 9.17) is 5.73 Å². The highest BCUT2D eigenvalue weighted by atomic mass is 127. The van der Waals surface area contributed by atoms with Crippen molar-refractivity contribution in [3.63, 3.8) is 0 Å². The molecular formula is C8H13IN2. The Morgan fingerprint density at radius 2 is 2.18 bits per heavy atom. The predicted octanol–water partition coefficient (Wildman–Crippen LogP) is 2.28. The molecule has 1 heterocycles. The Bertz CT molecular complexity index is 230. The van der Waals surface area contributed by atoms with Gasteiger partial charge in [0, 0.05) is 21.5 Å². The molecule has 0 spiro atoms. The highest BCUT2D eigenvalue weighted by molar-refractivity contribution is 14.1. The van der Waals surface area contributed by atoms with Gasteiger partial charge in [0.15, 0.2) is 0 Å². The van der Waals surface area contributed by atoms with E-state index in [1.807, 2.05) is 6.20 Å². The van der Waals surface area contributed by atoms with Gasteiger partial charge in [0.25, 0.3) is 0 Å². The molecule has 2 nitrogen and oxygen atoms in total. The number of nitrogens with one attached hydrogen (secondary N) is 1. The third kappa shape index (κ3) is 2.20. The summed E-state index contributed by atoms with van der Waals surface area (Å²) in [7, 11) is 0. The molecule has 0 aliphatic heterocycles. The van der Waals surface area contributed by atoms with Crippen LogP contribution in [0.5, 0.6) is 0 Å². The monoisotopic (exact) mass is 264 g/mol. The second-order valence-electron chi connectivity index (χ2n) is 3.04. The van der Waals surface area contributed by atoms with E-state index in [1.165, 1.54) is 3.57 Å². The average molecular weight is 264 g/mol. The van der Waals surface area contributed by atoms with Crippen molar-refractivity contribution in [1.29, 1.82) is 0 Å². The summed E-state index contributed by atoms with van der Waals surface area (Å²) in [5.74, 6) is 0.490. The minimum Gasteiger partial charge on any atom is -0.363 e.